The third kappa shape index (κ3) is 2.36. The quantitative estimate of drug-likeness (QED) is 0.747. The van der Waals surface area contributed by atoms with Gasteiger partial charge >= 0.3 is 0 Å². The Morgan fingerprint density at radius 3 is 2.61 bits per heavy atom. The molecule has 0 N–H and O–H groups in total. The van der Waals surface area contributed by atoms with Crippen LogP contribution >= 0.6 is 0 Å². The van der Waals surface area contributed by atoms with Gasteiger partial charge in [0.05, 0.1) is 0 Å². The van der Waals surface area contributed by atoms with Gasteiger partial charge in [-0.2, -0.15) is 5.26 Å². The average molecular weight is 259 g/mol. The van der Waals surface area contributed by atoms with Crippen LogP contribution in [0.4, 0.5) is 0 Å². The number of hydrogen-bond donors (Lipinski definition) is 0. The standard InChI is InChI=1S/C15H21NOSi/c1-12-9-10-15(11-16,17-18(2,3)4)14-8-6-5-7-13(12)14/h5-8,12H,9-10H2,1-4H3. The predicted molar refractivity (Wildman–Crippen MR) is 75.8 cm³/mol. The van der Waals surface area contributed by atoms with E-state index in [1.54, 1.807) is 0 Å². The van der Waals surface area contributed by atoms with E-state index in [-0.39, 0.29) is 0 Å². The summed E-state index contributed by atoms with van der Waals surface area (Å²) in [5.74, 6) is 0.521. The molecule has 0 saturated carbocycles. The van der Waals surface area contributed by atoms with Crippen molar-refractivity contribution in [2.45, 2.75) is 50.9 Å². The maximum absolute atomic E-state index is 9.69. The molecule has 0 saturated heterocycles. The zero-order valence-electron chi connectivity index (χ0n) is 11.7. The first-order valence-corrected chi connectivity index (χ1v) is 10.00. The molecule has 0 amide bonds. The predicted octanol–water partition coefficient (Wildman–Crippen LogP) is 4.15. The summed E-state index contributed by atoms with van der Waals surface area (Å²) in [4.78, 5) is 0. The second-order valence-electron chi connectivity index (χ2n) is 6.18. The summed E-state index contributed by atoms with van der Waals surface area (Å²) in [6.07, 6.45) is 1.83. The lowest BCUT2D eigenvalue weighted by Crippen LogP contribution is -2.42. The number of benzene rings is 1. The van der Waals surface area contributed by atoms with E-state index in [4.69, 9.17) is 4.43 Å². The van der Waals surface area contributed by atoms with Crippen molar-refractivity contribution in [1.82, 2.24) is 0 Å². The van der Waals surface area contributed by atoms with Crippen molar-refractivity contribution in [2.24, 2.45) is 0 Å². The number of nitrogens with zero attached hydrogens (tertiary/aromatic N) is 1. The highest BCUT2D eigenvalue weighted by molar-refractivity contribution is 6.69. The number of nitriles is 1. The van der Waals surface area contributed by atoms with Crippen molar-refractivity contribution in [2.75, 3.05) is 0 Å². The largest absolute Gasteiger partial charge is 0.396 e. The van der Waals surface area contributed by atoms with Gasteiger partial charge in [0, 0.05) is 5.56 Å². The Morgan fingerprint density at radius 2 is 2.00 bits per heavy atom. The van der Waals surface area contributed by atoms with E-state index in [1.807, 2.05) is 6.07 Å². The summed E-state index contributed by atoms with van der Waals surface area (Å²) < 4.78 is 6.27. The number of rotatable bonds is 2. The Kier molecular flexibility index (Phi) is 3.35. The van der Waals surface area contributed by atoms with Crippen LogP contribution in [0, 0.1) is 11.3 Å². The van der Waals surface area contributed by atoms with Crippen LogP contribution in [0.2, 0.25) is 19.6 Å². The first-order valence-electron chi connectivity index (χ1n) is 6.59. The van der Waals surface area contributed by atoms with E-state index in [1.165, 1.54) is 5.56 Å². The van der Waals surface area contributed by atoms with Crippen molar-refractivity contribution in [3.63, 3.8) is 0 Å². The monoisotopic (exact) mass is 259 g/mol. The Hall–Kier alpha value is -1.11. The van der Waals surface area contributed by atoms with Crippen LogP contribution in [0.1, 0.15) is 36.8 Å². The zero-order valence-corrected chi connectivity index (χ0v) is 12.7. The molecule has 2 atom stereocenters. The molecule has 0 spiro atoms. The molecule has 1 aromatic rings. The van der Waals surface area contributed by atoms with Crippen LogP contribution in [0.3, 0.4) is 0 Å². The molecule has 0 heterocycles. The van der Waals surface area contributed by atoms with Gasteiger partial charge in [-0.25, -0.2) is 0 Å². The Balaban J connectivity index is 2.52. The van der Waals surface area contributed by atoms with E-state index in [0.29, 0.717) is 5.92 Å². The highest BCUT2D eigenvalue weighted by atomic mass is 28.4. The fraction of sp³-hybridized carbons (Fsp3) is 0.533. The summed E-state index contributed by atoms with van der Waals surface area (Å²) >= 11 is 0. The van der Waals surface area contributed by atoms with E-state index in [2.05, 4.69) is 50.8 Å². The molecule has 1 aliphatic carbocycles. The third-order valence-corrected chi connectivity index (χ3v) is 4.48. The molecule has 96 valence electrons. The van der Waals surface area contributed by atoms with Crippen LogP contribution in [0.15, 0.2) is 24.3 Å². The minimum atomic E-state index is -1.75. The van der Waals surface area contributed by atoms with Crippen molar-refractivity contribution < 1.29 is 4.43 Å². The highest BCUT2D eigenvalue weighted by Gasteiger charge is 2.42. The topological polar surface area (TPSA) is 33.0 Å². The third-order valence-electron chi connectivity index (χ3n) is 3.52. The van der Waals surface area contributed by atoms with Crippen molar-refractivity contribution in [1.29, 1.82) is 5.26 Å². The Bertz CT molecular complexity index is 486. The molecular formula is C15H21NOSi. The van der Waals surface area contributed by atoms with Crippen molar-refractivity contribution in [3.8, 4) is 6.07 Å². The smallest absolute Gasteiger partial charge is 0.186 e. The molecule has 1 aliphatic rings. The molecule has 2 rings (SSSR count). The maximum Gasteiger partial charge on any atom is 0.186 e. The second-order valence-corrected chi connectivity index (χ2v) is 10.6. The van der Waals surface area contributed by atoms with E-state index in [9.17, 15) is 5.26 Å². The Morgan fingerprint density at radius 1 is 1.33 bits per heavy atom. The van der Waals surface area contributed by atoms with E-state index < -0.39 is 13.9 Å². The summed E-state index contributed by atoms with van der Waals surface area (Å²) in [6.45, 7) is 8.67. The first kappa shape index (κ1) is 13.3. The maximum atomic E-state index is 9.69. The molecule has 0 fully saturated rings. The molecule has 2 nitrogen and oxygen atoms in total. The summed E-state index contributed by atoms with van der Waals surface area (Å²) in [5.41, 5.74) is 1.66. The lowest BCUT2D eigenvalue weighted by molar-refractivity contribution is 0.0943. The van der Waals surface area contributed by atoms with Crippen LogP contribution in [0.25, 0.3) is 0 Å². The molecule has 0 aromatic heterocycles. The van der Waals surface area contributed by atoms with Crippen LogP contribution in [-0.2, 0) is 10.0 Å². The first-order chi connectivity index (χ1) is 8.38. The lowest BCUT2D eigenvalue weighted by atomic mass is 9.75. The molecular weight excluding hydrogens is 238 g/mol. The van der Waals surface area contributed by atoms with Gasteiger partial charge in [-0.15, -0.1) is 0 Å². The zero-order chi connectivity index (χ0) is 13.4. The SMILES string of the molecule is CC1CCC(C#N)(O[Si](C)(C)C)c2ccccc21. The van der Waals surface area contributed by atoms with Gasteiger partial charge in [-0.05, 0) is 44.0 Å². The van der Waals surface area contributed by atoms with Gasteiger partial charge in [-0.3, -0.25) is 0 Å². The minimum Gasteiger partial charge on any atom is -0.396 e. The highest BCUT2D eigenvalue weighted by Crippen LogP contribution is 2.44. The molecule has 2 unspecified atom stereocenters. The van der Waals surface area contributed by atoms with Crippen molar-refractivity contribution >= 4 is 8.32 Å². The molecule has 18 heavy (non-hydrogen) atoms. The van der Waals surface area contributed by atoms with Gasteiger partial charge in [-0.1, -0.05) is 31.2 Å². The van der Waals surface area contributed by atoms with Crippen LogP contribution < -0.4 is 0 Å². The van der Waals surface area contributed by atoms with Gasteiger partial charge in [0.15, 0.2) is 13.9 Å². The fourth-order valence-corrected chi connectivity index (χ4v) is 4.08. The Labute approximate surface area is 111 Å². The van der Waals surface area contributed by atoms with Gasteiger partial charge in [0.2, 0.25) is 0 Å². The minimum absolute atomic E-state index is 0.521. The second kappa shape index (κ2) is 4.53. The lowest BCUT2D eigenvalue weighted by Gasteiger charge is -2.40. The molecule has 3 heteroatoms. The van der Waals surface area contributed by atoms with Crippen LogP contribution in [-0.4, -0.2) is 8.32 Å². The van der Waals surface area contributed by atoms with Gasteiger partial charge in [0.1, 0.15) is 6.07 Å². The van der Waals surface area contributed by atoms with E-state index >= 15 is 0 Å². The van der Waals surface area contributed by atoms with Crippen LogP contribution in [0.5, 0.6) is 0 Å². The molecule has 0 aliphatic heterocycles. The molecule has 1 aromatic carbocycles. The molecule has 0 bridgehead atoms. The molecule has 0 radical (unpaired) electrons. The van der Waals surface area contributed by atoms with Gasteiger partial charge < -0.3 is 4.43 Å². The van der Waals surface area contributed by atoms with Gasteiger partial charge in [0.25, 0.3) is 0 Å². The summed E-state index contributed by atoms with van der Waals surface area (Å²) in [7, 11) is -1.75. The van der Waals surface area contributed by atoms with Crippen molar-refractivity contribution in [3.05, 3.63) is 35.4 Å². The number of hydrogen-bond acceptors (Lipinski definition) is 2. The fourth-order valence-electron chi connectivity index (χ4n) is 2.77. The summed E-state index contributed by atoms with van der Waals surface area (Å²) in [6, 6.07) is 10.7. The average Bonchev–Trinajstić information content (AvgIpc) is 2.32. The number of fused-ring (bicyclic) bond motifs is 1. The van der Waals surface area contributed by atoms with E-state index in [0.717, 1.165) is 18.4 Å². The summed E-state index contributed by atoms with van der Waals surface area (Å²) in [5, 5.41) is 9.69. The normalized spacial score (nSPS) is 27.4.